The number of nitrogens with one attached hydrogen (secondary N) is 1. The summed E-state index contributed by atoms with van der Waals surface area (Å²) in [7, 11) is 0. The highest BCUT2D eigenvalue weighted by Crippen LogP contribution is 2.20. The van der Waals surface area contributed by atoms with Crippen molar-refractivity contribution in [2.24, 2.45) is 0 Å². The lowest BCUT2D eigenvalue weighted by molar-refractivity contribution is -0.139. The van der Waals surface area contributed by atoms with Crippen LogP contribution < -0.4 is 14.8 Å². The molecule has 176 valence electrons. The van der Waals surface area contributed by atoms with Gasteiger partial charge in [-0.05, 0) is 47.0 Å². The summed E-state index contributed by atoms with van der Waals surface area (Å²) in [5.41, 5.74) is 2.81. The fraction of sp³-hybridized carbons (Fsp3) is 0.103. The van der Waals surface area contributed by atoms with Crippen molar-refractivity contribution in [3.05, 3.63) is 131 Å². The second kappa shape index (κ2) is 11.5. The lowest BCUT2D eigenvalue weighted by Crippen LogP contribution is -2.33. The Morgan fingerprint density at radius 2 is 1.26 bits per heavy atom. The van der Waals surface area contributed by atoms with Crippen molar-refractivity contribution >= 4 is 11.9 Å². The van der Waals surface area contributed by atoms with Crippen LogP contribution >= 0.6 is 0 Å². The van der Waals surface area contributed by atoms with Gasteiger partial charge in [-0.25, -0.2) is 4.79 Å². The van der Waals surface area contributed by atoms with Crippen LogP contribution in [-0.4, -0.2) is 17.0 Å². The minimum absolute atomic E-state index is 0.287. The molecule has 6 heteroatoms. The van der Waals surface area contributed by atoms with Crippen LogP contribution in [0.2, 0.25) is 0 Å². The molecular formula is C29H25NO5. The third-order valence-electron chi connectivity index (χ3n) is 5.30. The van der Waals surface area contributed by atoms with E-state index < -0.39 is 17.9 Å². The first-order valence-electron chi connectivity index (χ1n) is 11.2. The van der Waals surface area contributed by atoms with Gasteiger partial charge in [-0.1, -0.05) is 78.9 Å². The average molecular weight is 468 g/mol. The van der Waals surface area contributed by atoms with Gasteiger partial charge in [0.1, 0.15) is 24.7 Å². The number of ether oxygens (including phenoxy) is 2. The summed E-state index contributed by atoms with van der Waals surface area (Å²) in [6.07, 6.45) is 0. The fourth-order valence-corrected chi connectivity index (χ4v) is 3.51. The highest BCUT2D eigenvalue weighted by Gasteiger charge is 2.22. The number of carbonyl (C=O) groups excluding carboxylic acids is 1. The monoisotopic (exact) mass is 467 g/mol. The van der Waals surface area contributed by atoms with Crippen LogP contribution in [0.3, 0.4) is 0 Å². The van der Waals surface area contributed by atoms with Crippen molar-refractivity contribution in [3.63, 3.8) is 0 Å². The zero-order valence-electron chi connectivity index (χ0n) is 19.0. The second-order valence-electron chi connectivity index (χ2n) is 7.89. The van der Waals surface area contributed by atoms with Gasteiger partial charge in [-0.2, -0.15) is 0 Å². The van der Waals surface area contributed by atoms with Gasteiger partial charge in [0, 0.05) is 5.56 Å². The zero-order chi connectivity index (χ0) is 24.5. The second-order valence-corrected chi connectivity index (χ2v) is 7.89. The van der Waals surface area contributed by atoms with E-state index >= 15 is 0 Å². The quantitative estimate of drug-likeness (QED) is 0.326. The van der Waals surface area contributed by atoms with Crippen LogP contribution in [0.4, 0.5) is 0 Å². The summed E-state index contributed by atoms with van der Waals surface area (Å²) in [5, 5.41) is 12.1. The number of hydrogen-bond acceptors (Lipinski definition) is 4. The molecule has 0 bridgehead atoms. The Hall–Kier alpha value is -4.58. The summed E-state index contributed by atoms with van der Waals surface area (Å²) >= 11 is 0. The van der Waals surface area contributed by atoms with Crippen molar-refractivity contribution in [1.82, 2.24) is 5.32 Å². The number of benzene rings is 4. The molecule has 1 unspecified atom stereocenters. The fourth-order valence-electron chi connectivity index (χ4n) is 3.51. The minimum Gasteiger partial charge on any atom is -0.489 e. The highest BCUT2D eigenvalue weighted by atomic mass is 16.5. The maximum absolute atomic E-state index is 12.7. The number of aliphatic carboxylic acids is 1. The first kappa shape index (κ1) is 23.6. The van der Waals surface area contributed by atoms with Crippen molar-refractivity contribution in [1.29, 1.82) is 0 Å². The lowest BCUT2D eigenvalue weighted by atomic mass is 10.1. The Labute approximate surface area is 203 Å². The molecule has 4 aromatic rings. The van der Waals surface area contributed by atoms with E-state index in [0.29, 0.717) is 23.5 Å². The van der Waals surface area contributed by atoms with E-state index in [1.54, 1.807) is 54.6 Å². The molecule has 4 rings (SSSR count). The van der Waals surface area contributed by atoms with E-state index in [-0.39, 0.29) is 6.61 Å². The molecule has 0 fully saturated rings. The summed E-state index contributed by atoms with van der Waals surface area (Å²) in [4.78, 5) is 24.4. The third kappa shape index (κ3) is 6.71. The molecule has 0 spiro atoms. The number of hydrogen-bond donors (Lipinski definition) is 2. The van der Waals surface area contributed by atoms with E-state index in [2.05, 4.69) is 5.32 Å². The minimum atomic E-state index is -1.15. The normalized spacial score (nSPS) is 11.3. The Morgan fingerprint density at radius 1 is 0.686 bits per heavy atom. The standard InChI is InChI=1S/C29H25NO5/c31-28(30-27(29(32)33)23-12-5-2-6-13-23)24-14-8-16-26(18-24)35-20-22-11-7-15-25(17-22)34-19-21-9-3-1-4-10-21/h1-18,27H,19-20H2,(H,30,31)(H,32,33). The van der Waals surface area contributed by atoms with E-state index in [1.807, 2.05) is 54.6 Å². The Kier molecular flexibility index (Phi) is 7.76. The maximum Gasteiger partial charge on any atom is 0.330 e. The Morgan fingerprint density at radius 3 is 1.94 bits per heavy atom. The van der Waals surface area contributed by atoms with Crippen LogP contribution in [0.15, 0.2) is 109 Å². The first-order chi connectivity index (χ1) is 17.1. The van der Waals surface area contributed by atoms with Crippen molar-refractivity contribution in [2.45, 2.75) is 19.3 Å². The lowest BCUT2D eigenvalue weighted by Gasteiger charge is -2.15. The molecule has 0 saturated heterocycles. The SMILES string of the molecule is O=C(NC(C(=O)O)c1ccccc1)c1cccc(OCc2cccc(OCc3ccccc3)c2)c1. The summed E-state index contributed by atoms with van der Waals surface area (Å²) in [6.45, 7) is 0.762. The van der Waals surface area contributed by atoms with Gasteiger partial charge in [0.05, 0.1) is 0 Å². The molecule has 0 aliphatic heterocycles. The van der Waals surface area contributed by atoms with Gasteiger partial charge >= 0.3 is 5.97 Å². The predicted molar refractivity (Wildman–Crippen MR) is 132 cm³/mol. The molecule has 0 aliphatic carbocycles. The van der Waals surface area contributed by atoms with E-state index in [1.165, 1.54) is 0 Å². The van der Waals surface area contributed by atoms with Gasteiger partial charge in [0.15, 0.2) is 6.04 Å². The molecule has 1 atom stereocenters. The number of carboxylic acid groups (broad SMARTS) is 1. The number of rotatable bonds is 10. The van der Waals surface area contributed by atoms with Gasteiger partial charge in [0.25, 0.3) is 5.91 Å². The molecular weight excluding hydrogens is 442 g/mol. The van der Waals surface area contributed by atoms with Gasteiger partial charge in [-0.15, -0.1) is 0 Å². The molecule has 0 heterocycles. The average Bonchev–Trinajstić information content (AvgIpc) is 2.90. The molecule has 0 aliphatic rings. The van der Waals surface area contributed by atoms with Crippen LogP contribution in [0, 0.1) is 0 Å². The van der Waals surface area contributed by atoms with E-state index in [4.69, 9.17) is 9.47 Å². The molecule has 6 nitrogen and oxygen atoms in total. The van der Waals surface area contributed by atoms with Gasteiger partial charge in [-0.3, -0.25) is 4.79 Å². The van der Waals surface area contributed by atoms with Crippen LogP contribution in [-0.2, 0) is 18.0 Å². The van der Waals surface area contributed by atoms with E-state index in [0.717, 1.165) is 16.9 Å². The summed E-state index contributed by atoms with van der Waals surface area (Å²) in [6, 6.07) is 31.6. The number of amides is 1. The molecule has 0 saturated carbocycles. The third-order valence-corrected chi connectivity index (χ3v) is 5.30. The molecule has 0 radical (unpaired) electrons. The summed E-state index contributed by atoms with van der Waals surface area (Å²) < 4.78 is 11.8. The molecule has 2 N–H and O–H groups in total. The molecule has 0 aromatic heterocycles. The highest BCUT2D eigenvalue weighted by molar-refractivity contribution is 5.97. The topological polar surface area (TPSA) is 84.9 Å². The van der Waals surface area contributed by atoms with Crippen molar-refractivity contribution in [3.8, 4) is 11.5 Å². The zero-order valence-corrected chi connectivity index (χ0v) is 19.0. The molecule has 4 aromatic carbocycles. The van der Waals surface area contributed by atoms with Crippen LogP contribution in [0.5, 0.6) is 11.5 Å². The molecule has 35 heavy (non-hydrogen) atoms. The van der Waals surface area contributed by atoms with Crippen molar-refractivity contribution in [2.75, 3.05) is 0 Å². The van der Waals surface area contributed by atoms with Crippen LogP contribution in [0.1, 0.15) is 33.1 Å². The van der Waals surface area contributed by atoms with E-state index in [9.17, 15) is 14.7 Å². The number of carbonyl (C=O) groups is 2. The number of carboxylic acids is 1. The van der Waals surface area contributed by atoms with Crippen molar-refractivity contribution < 1.29 is 24.2 Å². The largest absolute Gasteiger partial charge is 0.489 e. The maximum atomic E-state index is 12.7. The van der Waals surface area contributed by atoms with Gasteiger partial charge in [0.2, 0.25) is 0 Å². The first-order valence-corrected chi connectivity index (χ1v) is 11.2. The smallest absolute Gasteiger partial charge is 0.330 e. The molecule has 1 amide bonds. The van der Waals surface area contributed by atoms with Crippen LogP contribution in [0.25, 0.3) is 0 Å². The Bertz CT molecular complexity index is 1270. The van der Waals surface area contributed by atoms with Gasteiger partial charge < -0.3 is 19.9 Å². The summed E-state index contributed by atoms with van der Waals surface area (Å²) in [5.74, 6) is -0.391. The Balaban J connectivity index is 1.37. The predicted octanol–water partition coefficient (Wildman–Crippen LogP) is 5.40.